The van der Waals surface area contributed by atoms with E-state index in [1.807, 2.05) is 0 Å². The van der Waals surface area contributed by atoms with Crippen molar-refractivity contribution >= 4 is 12.4 Å². The molecule has 0 aromatic heterocycles. The zero-order chi connectivity index (χ0) is 14.9. The Morgan fingerprint density at radius 1 is 0.850 bits per heavy atom. The van der Waals surface area contributed by atoms with Crippen molar-refractivity contribution in [2.24, 2.45) is 0 Å². The molecule has 0 rings (SSSR count). The summed E-state index contributed by atoms with van der Waals surface area (Å²) in [5.41, 5.74) is 0. The van der Waals surface area contributed by atoms with Crippen LogP contribution in [0.3, 0.4) is 0 Å². The Bertz CT molecular complexity index is 229. The lowest BCUT2D eigenvalue weighted by atomic mass is 10.1. The van der Waals surface area contributed by atoms with Gasteiger partial charge in [-0.15, -0.1) is 0 Å². The van der Waals surface area contributed by atoms with Crippen molar-refractivity contribution in [2.45, 2.75) is 77.6 Å². The first-order valence-electron chi connectivity index (χ1n) is 7.95. The molecule has 0 amide bonds. The SMILES string of the molecule is CCCCCCCCCCCCOC(=O)CCO[C]=O. The Morgan fingerprint density at radius 3 is 1.95 bits per heavy atom. The summed E-state index contributed by atoms with van der Waals surface area (Å²) in [4.78, 5) is 20.9. The molecule has 0 aliphatic heterocycles. The molecular formula is C16H29O4. The van der Waals surface area contributed by atoms with Crippen LogP contribution in [0.25, 0.3) is 0 Å². The van der Waals surface area contributed by atoms with Crippen molar-refractivity contribution in [3.05, 3.63) is 0 Å². The van der Waals surface area contributed by atoms with Crippen LogP contribution < -0.4 is 0 Å². The van der Waals surface area contributed by atoms with Gasteiger partial charge in [0.05, 0.1) is 13.0 Å². The highest BCUT2D eigenvalue weighted by Gasteiger charge is 2.02. The van der Waals surface area contributed by atoms with E-state index in [1.54, 1.807) is 0 Å². The molecule has 0 aliphatic rings. The van der Waals surface area contributed by atoms with E-state index < -0.39 is 0 Å². The Kier molecular flexibility index (Phi) is 15.1. The van der Waals surface area contributed by atoms with Gasteiger partial charge < -0.3 is 9.47 Å². The largest absolute Gasteiger partial charge is 0.466 e. The van der Waals surface area contributed by atoms with Gasteiger partial charge in [0.2, 0.25) is 0 Å². The minimum absolute atomic E-state index is 0.0559. The van der Waals surface area contributed by atoms with Crippen molar-refractivity contribution in [3.63, 3.8) is 0 Å². The van der Waals surface area contributed by atoms with E-state index in [4.69, 9.17) is 4.74 Å². The van der Waals surface area contributed by atoms with E-state index >= 15 is 0 Å². The lowest BCUT2D eigenvalue weighted by Gasteiger charge is -2.04. The third-order valence-electron chi connectivity index (χ3n) is 3.23. The van der Waals surface area contributed by atoms with Gasteiger partial charge in [-0.05, 0) is 6.42 Å². The van der Waals surface area contributed by atoms with Crippen LogP contribution in [0.2, 0.25) is 0 Å². The molecule has 0 fully saturated rings. The lowest BCUT2D eigenvalue weighted by Crippen LogP contribution is -2.09. The summed E-state index contributed by atoms with van der Waals surface area (Å²) >= 11 is 0. The minimum Gasteiger partial charge on any atom is -0.466 e. The van der Waals surface area contributed by atoms with Gasteiger partial charge in [0.15, 0.2) is 0 Å². The van der Waals surface area contributed by atoms with Crippen LogP contribution in [0.1, 0.15) is 77.6 Å². The second kappa shape index (κ2) is 16.0. The van der Waals surface area contributed by atoms with Gasteiger partial charge in [-0.2, -0.15) is 0 Å². The first-order chi connectivity index (χ1) is 9.81. The lowest BCUT2D eigenvalue weighted by molar-refractivity contribution is -0.144. The number of hydrogen-bond donors (Lipinski definition) is 0. The number of carbonyl (C=O) groups excluding carboxylic acids is 2. The number of carbonyl (C=O) groups is 1. The zero-order valence-electron chi connectivity index (χ0n) is 12.8. The molecule has 0 aliphatic carbocycles. The van der Waals surface area contributed by atoms with Gasteiger partial charge in [0.1, 0.15) is 6.61 Å². The molecule has 117 valence electrons. The maximum absolute atomic E-state index is 11.1. The van der Waals surface area contributed by atoms with Crippen LogP contribution in [-0.2, 0) is 19.1 Å². The van der Waals surface area contributed by atoms with E-state index in [2.05, 4.69) is 11.7 Å². The molecule has 0 atom stereocenters. The van der Waals surface area contributed by atoms with Gasteiger partial charge in [-0.3, -0.25) is 4.79 Å². The van der Waals surface area contributed by atoms with E-state index in [0.29, 0.717) is 6.61 Å². The summed E-state index contributed by atoms with van der Waals surface area (Å²) in [5, 5.41) is 0. The maximum atomic E-state index is 11.1. The quantitative estimate of drug-likeness (QED) is 0.338. The van der Waals surface area contributed by atoms with Gasteiger partial charge in [0.25, 0.3) is 0 Å². The third kappa shape index (κ3) is 15.0. The third-order valence-corrected chi connectivity index (χ3v) is 3.23. The van der Waals surface area contributed by atoms with Crippen LogP contribution in [0.15, 0.2) is 0 Å². The first-order valence-corrected chi connectivity index (χ1v) is 7.95. The summed E-state index contributed by atoms with van der Waals surface area (Å²) in [6, 6.07) is 0. The molecule has 1 radical (unpaired) electrons. The van der Waals surface area contributed by atoms with Crippen molar-refractivity contribution in [2.75, 3.05) is 13.2 Å². The van der Waals surface area contributed by atoms with Crippen LogP contribution >= 0.6 is 0 Å². The van der Waals surface area contributed by atoms with Crippen molar-refractivity contribution < 1.29 is 19.1 Å². The fourth-order valence-corrected chi connectivity index (χ4v) is 2.02. The highest BCUT2D eigenvalue weighted by atomic mass is 16.5. The smallest absolute Gasteiger partial charge is 0.417 e. The molecule has 0 spiro atoms. The fourth-order valence-electron chi connectivity index (χ4n) is 2.02. The molecule has 0 aromatic carbocycles. The fraction of sp³-hybridized carbons (Fsp3) is 0.875. The molecule has 0 N–H and O–H groups in total. The van der Waals surface area contributed by atoms with Crippen molar-refractivity contribution in [1.82, 2.24) is 0 Å². The molecule has 20 heavy (non-hydrogen) atoms. The summed E-state index contributed by atoms with van der Waals surface area (Å²) in [5.74, 6) is -0.309. The molecule has 0 saturated carbocycles. The number of unbranched alkanes of at least 4 members (excludes halogenated alkanes) is 9. The van der Waals surface area contributed by atoms with Crippen LogP contribution in [0.4, 0.5) is 0 Å². The molecule has 4 heteroatoms. The molecule has 0 unspecified atom stereocenters. The van der Waals surface area contributed by atoms with Gasteiger partial charge in [-0.1, -0.05) is 64.7 Å². The van der Waals surface area contributed by atoms with E-state index in [0.717, 1.165) is 12.8 Å². The first kappa shape index (κ1) is 18.9. The Balaban J connectivity index is 3.08. The highest BCUT2D eigenvalue weighted by molar-refractivity contribution is 5.69. The summed E-state index contributed by atoms with van der Waals surface area (Å²) in [6.45, 7) is 4.04. The average molecular weight is 285 g/mol. The zero-order valence-corrected chi connectivity index (χ0v) is 12.8. The van der Waals surface area contributed by atoms with E-state index in [9.17, 15) is 9.59 Å². The van der Waals surface area contributed by atoms with Gasteiger partial charge in [0, 0.05) is 0 Å². The summed E-state index contributed by atoms with van der Waals surface area (Å²) < 4.78 is 9.32. The summed E-state index contributed by atoms with van der Waals surface area (Å²) in [7, 11) is 0. The predicted octanol–water partition coefficient (Wildman–Crippen LogP) is 3.92. The topological polar surface area (TPSA) is 52.6 Å². The number of hydrogen-bond acceptors (Lipinski definition) is 4. The van der Waals surface area contributed by atoms with Gasteiger partial charge >= 0.3 is 12.4 Å². The molecular weight excluding hydrogens is 256 g/mol. The normalized spacial score (nSPS) is 10.2. The van der Waals surface area contributed by atoms with Crippen molar-refractivity contribution in [1.29, 1.82) is 0 Å². The van der Waals surface area contributed by atoms with Gasteiger partial charge in [-0.25, -0.2) is 4.79 Å². The van der Waals surface area contributed by atoms with Crippen molar-refractivity contribution in [3.8, 4) is 0 Å². The van der Waals surface area contributed by atoms with Crippen LogP contribution in [0.5, 0.6) is 0 Å². The predicted molar refractivity (Wildman–Crippen MR) is 79.1 cm³/mol. The molecule has 0 aromatic rings. The monoisotopic (exact) mass is 285 g/mol. The molecule has 0 heterocycles. The van der Waals surface area contributed by atoms with E-state index in [1.165, 1.54) is 57.8 Å². The van der Waals surface area contributed by atoms with E-state index in [-0.39, 0.29) is 19.0 Å². The van der Waals surface area contributed by atoms with Crippen LogP contribution in [0, 0.1) is 0 Å². The number of ether oxygens (including phenoxy) is 2. The number of esters is 1. The molecule has 0 saturated heterocycles. The highest BCUT2D eigenvalue weighted by Crippen LogP contribution is 2.10. The Morgan fingerprint density at radius 2 is 1.40 bits per heavy atom. The summed E-state index contributed by atoms with van der Waals surface area (Å²) in [6.07, 6.45) is 12.7. The molecule has 4 nitrogen and oxygen atoms in total. The minimum atomic E-state index is -0.309. The second-order valence-electron chi connectivity index (χ2n) is 5.08. The number of rotatable bonds is 15. The Labute approximate surface area is 123 Å². The Hall–Kier alpha value is -1.06. The molecule has 0 bridgehead atoms. The average Bonchev–Trinajstić information content (AvgIpc) is 2.45. The second-order valence-corrected chi connectivity index (χ2v) is 5.08. The van der Waals surface area contributed by atoms with Crippen LogP contribution in [-0.4, -0.2) is 25.7 Å². The maximum Gasteiger partial charge on any atom is 0.417 e. The standard InChI is InChI=1S/C16H29O4/c1-2-3-4-5-6-7-8-9-10-11-13-20-16(18)12-14-19-15-17/h2-14H2,1H3.